The Bertz CT molecular complexity index is 664. The molecule has 0 spiro atoms. The van der Waals surface area contributed by atoms with Crippen LogP contribution < -0.4 is 0 Å². The molecule has 122 valence electrons. The maximum atomic E-state index is 13.3. The van der Waals surface area contributed by atoms with Crippen LogP contribution in [-0.2, 0) is 11.2 Å². The molecule has 2 nitrogen and oxygen atoms in total. The lowest BCUT2D eigenvalue weighted by Crippen LogP contribution is -2.40. The largest absolute Gasteiger partial charge is 0.331 e. The second-order valence-corrected chi connectivity index (χ2v) is 7.05. The van der Waals surface area contributed by atoms with E-state index >= 15 is 0 Å². The summed E-state index contributed by atoms with van der Waals surface area (Å²) in [6.45, 7) is 2.89. The number of hydrogen-bond donors (Lipinski definition) is 0. The molecule has 2 heterocycles. The zero-order valence-corrected chi connectivity index (χ0v) is 14.2. The van der Waals surface area contributed by atoms with Gasteiger partial charge in [-0.05, 0) is 47.5 Å². The van der Waals surface area contributed by atoms with Gasteiger partial charge >= 0.3 is 0 Å². The number of benzene rings is 1. The first kappa shape index (κ1) is 16.2. The molecule has 3 rings (SSSR count). The minimum absolute atomic E-state index is 0.0697. The molecule has 1 amide bonds. The van der Waals surface area contributed by atoms with Crippen LogP contribution in [0.15, 0.2) is 35.7 Å². The Morgan fingerprint density at radius 2 is 2.04 bits per heavy atom. The number of carbonyl (C=O) groups is 1. The van der Waals surface area contributed by atoms with Crippen molar-refractivity contribution in [2.24, 2.45) is 0 Å². The number of fused-ring (bicyclic) bond motifs is 1. The molecule has 1 aliphatic rings. The molecule has 1 atom stereocenters. The van der Waals surface area contributed by atoms with Crippen molar-refractivity contribution in [2.75, 3.05) is 6.54 Å². The highest BCUT2D eigenvalue weighted by Gasteiger charge is 2.32. The van der Waals surface area contributed by atoms with Gasteiger partial charge in [0.15, 0.2) is 0 Å². The smallest absolute Gasteiger partial charge is 0.223 e. The number of nitrogens with zero attached hydrogens (tertiary/aromatic N) is 1. The number of amides is 1. The molecule has 0 saturated carbocycles. The van der Waals surface area contributed by atoms with Gasteiger partial charge < -0.3 is 4.90 Å². The van der Waals surface area contributed by atoms with Crippen LogP contribution in [0.3, 0.4) is 0 Å². The first-order valence-electron chi connectivity index (χ1n) is 8.32. The monoisotopic (exact) mass is 331 g/mol. The summed E-state index contributed by atoms with van der Waals surface area (Å²) >= 11 is 1.75. The van der Waals surface area contributed by atoms with Gasteiger partial charge in [0.2, 0.25) is 5.91 Å². The van der Waals surface area contributed by atoms with Gasteiger partial charge in [-0.25, -0.2) is 4.39 Å². The average molecular weight is 331 g/mol. The summed E-state index contributed by atoms with van der Waals surface area (Å²) in [6.07, 6.45) is 4.67. The highest BCUT2D eigenvalue weighted by molar-refractivity contribution is 7.10. The van der Waals surface area contributed by atoms with E-state index in [1.54, 1.807) is 23.5 Å². The first-order valence-corrected chi connectivity index (χ1v) is 9.20. The number of rotatable bonds is 5. The van der Waals surface area contributed by atoms with E-state index in [2.05, 4.69) is 18.4 Å². The molecule has 0 radical (unpaired) electrons. The Kier molecular flexibility index (Phi) is 5.11. The Hall–Kier alpha value is -1.68. The van der Waals surface area contributed by atoms with E-state index in [1.165, 1.54) is 22.6 Å². The van der Waals surface area contributed by atoms with Crippen molar-refractivity contribution in [3.05, 3.63) is 57.5 Å². The van der Waals surface area contributed by atoms with E-state index in [0.717, 1.165) is 37.8 Å². The van der Waals surface area contributed by atoms with Gasteiger partial charge in [-0.1, -0.05) is 31.9 Å². The Labute approximate surface area is 140 Å². The van der Waals surface area contributed by atoms with Crippen LogP contribution in [0.5, 0.6) is 0 Å². The number of thiophene rings is 1. The van der Waals surface area contributed by atoms with Crippen LogP contribution in [0, 0.1) is 5.82 Å². The highest BCUT2D eigenvalue weighted by atomic mass is 32.1. The van der Waals surface area contributed by atoms with Crippen molar-refractivity contribution in [1.29, 1.82) is 0 Å². The van der Waals surface area contributed by atoms with Gasteiger partial charge in [0, 0.05) is 17.8 Å². The maximum absolute atomic E-state index is 13.3. The molecule has 23 heavy (non-hydrogen) atoms. The summed E-state index contributed by atoms with van der Waals surface area (Å²) in [5, 5.41) is 2.09. The van der Waals surface area contributed by atoms with E-state index in [4.69, 9.17) is 0 Å². The molecular formula is C19H22FNOS. The highest BCUT2D eigenvalue weighted by Crippen LogP contribution is 2.38. The number of carbonyl (C=O) groups excluding carboxylic acids is 1. The third-order valence-electron chi connectivity index (χ3n) is 4.47. The van der Waals surface area contributed by atoms with Gasteiger partial charge in [0.1, 0.15) is 5.82 Å². The molecule has 1 aliphatic heterocycles. The fourth-order valence-corrected chi connectivity index (χ4v) is 4.16. The van der Waals surface area contributed by atoms with Gasteiger partial charge in [0.25, 0.3) is 0 Å². The molecule has 0 aliphatic carbocycles. The summed E-state index contributed by atoms with van der Waals surface area (Å²) in [5.41, 5.74) is 2.20. The predicted molar refractivity (Wildman–Crippen MR) is 92.1 cm³/mol. The number of hydrogen-bond acceptors (Lipinski definition) is 2. The molecule has 1 aromatic carbocycles. The van der Waals surface area contributed by atoms with E-state index in [1.807, 2.05) is 4.90 Å². The average Bonchev–Trinajstić information content (AvgIpc) is 3.03. The molecule has 0 fully saturated rings. The molecule has 0 bridgehead atoms. The van der Waals surface area contributed by atoms with Crippen LogP contribution in [0.25, 0.3) is 0 Å². The molecule has 1 unspecified atom stereocenters. The fourth-order valence-electron chi connectivity index (χ4n) is 3.26. The van der Waals surface area contributed by atoms with Gasteiger partial charge in [-0.3, -0.25) is 4.79 Å². The summed E-state index contributed by atoms with van der Waals surface area (Å²) in [7, 11) is 0. The summed E-state index contributed by atoms with van der Waals surface area (Å²) < 4.78 is 13.3. The molecule has 0 N–H and O–H groups in total. The normalized spacial score (nSPS) is 17.1. The summed E-state index contributed by atoms with van der Waals surface area (Å²) in [6, 6.07) is 8.61. The quantitative estimate of drug-likeness (QED) is 0.711. The molecule has 1 aromatic heterocycles. The van der Waals surface area contributed by atoms with Crippen molar-refractivity contribution in [3.8, 4) is 0 Å². The van der Waals surface area contributed by atoms with Crippen LogP contribution >= 0.6 is 11.3 Å². The van der Waals surface area contributed by atoms with Crippen LogP contribution in [-0.4, -0.2) is 17.4 Å². The van der Waals surface area contributed by atoms with E-state index in [0.29, 0.717) is 6.42 Å². The third kappa shape index (κ3) is 3.47. The lowest BCUT2D eigenvalue weighted by Gasteiger charge is -2.36. The number of halogens is 1. The Balaban J connectivity index is 1.89. The standard InChI is InChI=1S/C19H22FNOS/c1-2-3-4-5-18(22)21-12-10-17-16(11-13-23-17)19(21)14-6-8-15(20)9-7-14/h6-9,11,13,19H,2-5,10,12H2,1H3. The summed E-state index contributed by atoms with van der Waals surface area (Å²) in [5.74, 6) is -0.0273. The van der Waals surface area contributed by atoms with Gasteiger partial charge in [0.05, 0.1) is 6.04 Å². The third-order valence-corrected chi connectivity index (χ3v) is 5.46. The molecule has 4 heteroatoms. The SMILES string of the molecule is CCCCCC(=O)N1CCc2sccc2C1c1ccc(F)cc1. The zero-order valence-electron chi connectivity index (χ0n) is 13.4. The second kappa shape index (κ2) is 7.26. The fraction of sp³-hybridized carbons (Fsp3) is 0.421. The van der Waals surface area contributed by atoms with Crippen LogP contribution in [0.1, 0.15) is 54.7 Å². The van der Waals surface area contributed by atoms with Crippen LogP contribution in [0.2, 0.25) is 0 Å². The van der Waals surface area contributed by atoms with Crippen molar-refractivity contribution >= 4 is 17.2 Å². The van der Waals surface area contributed by atoms with Crippen molar-refractivity contribution < 1.29 is 9.18 Å². The predicted octanol–water partition coefficient (Wildman–Crippen LogP) is 4.94. The Morgan fingerprint density at radius 1 is 1.26 bits per heavy atom. The zero-order chi connectivity index (χ0) is 16.2. The van der Waals surface area contributed by atoms with Gasteiger partial charge in [-0.2, -0.15) is 0 Å². The Morgan fingerprint density at radius 3 is 2.78 bits per heavy atom. The van der Waals surface area contributed by atoms with E-state index in [9.17, 15) is 9.18 Å². The molecule has 2 aromatic rings. The second-order valence-electron chi connectivity index (χ2n) is 6.05. The first-order chi connectivity index (χ1) is 11.2. The molecule has 0 saturated heterocycles. The number of unbranched alkanes of at least 4 members (excludes halogenated alkanes) is 2. The minimum atomic E-state index is -0.240. The topological polar surface area (TPSA) is 20.3 Å². The van der Waals surface area contributed by atoms with Crippen molar-refractivity contribution in [1.82, 2.24) is 4.90 Å². The van der Waals surface area contributed by atoms with E-state index in [-0.39, 0.29) is 17.8 Å². The van der Waals surface area contributed by atoms with Crippen LogP contribution in [0.4, 0.5) is 4.39 Å². The van der Waals surface area contributed by atoms with Crippen molar-refractivity contribution in [2.45, 2.75) is 45.1 Å². The lowest BCUT2D eigenvalue weighted by atomic mass is 9.92. The van der Waals surface area contributed by atoms with Crippen molar-refractivity contribution in [3.63, 3.8) is 0 Å². The lowest BCUT2D eigenvalue weighted by molar-refractivity contribution is -0.133. The molecular weight excluding hydrogens is 309 g/mol. The van der Waals surface area contributed by atoms with E-state index < -0.39 is 0 Å². The van der Waals surface area contributed by atoms with Gasteiger partial charge in [-0.15, -0.1) is 11.3 Å². The minimum Gasteiger partial charge on any atom is -0.331 e. The summed E-state index contributed by atoms with van der Waals surface area (Å²) in [4.78, 5) is 16.0. The maximum Gasteiger partial charge on any atom is 0.223 e.